The summed E-state index contributed by atoms with van der Waals surface area (Å²) in [5, 5.41) is 1.10. The van der Waals surface area contributed by atoms with Gasteiger partial charge in [0, 0.05) is 16.1 Å². The highest BCUT2D eigenvalue weighted by molar-refractivity contribution is 6.34. The number of halogens is 2. The summed E-state index contributed by atoms with van der Waals surface area (Å²) in [6.45, 7) is 1.98. The van der Waals surface area contributed by atoms with Gasteiger partial charge >= 0.3 is 0 Å². The lowest BCUT2D eigenvalue weighted by Gasteiger charge is -2.09. The van der Waals surface area contributed by atoms with Crippen LogP contribution in [-0.2, 0) is 6.42 Å². The van der Waals surface area contributed by atoms with Crippen molar-refractivity contribution in [2.45, 2.75) is 19.4 Å². The van der Waals surface area contributed by atoms with Gasteiger partial charge < -0.3 is 10.5 Å². The first-order valence-corrected chi connectivity index (χ1v) is 6.77. The molecule has 2 nitrogen and oxygen atoms in total. The maximum Gasteiger partial charge on any atom is 0.130 e. The van der Waals surface area contributed by atoms with Crippen LogP contribution in [0.4, 0.5) is 0 Å². The predicted octanol–water partition coefficient (Wildman–Crippen LogP) is 4.68. The van der Waals surface area contributed by atoms with E-state index in [1.54, 1.807) is 18.2 Å². The Balaban J connectivity index is 2.18. The van der Waals surface area contributed by atoms with Gasteiger partial charge in [0.15, 0.2) is 0 Å². The molecule has 1 atom stereocenters. The maximum absolute atomic E-state index is 5.94. The van der Waals surface area contributed by atoms with Crippen molar-refractivity contribution in [1.82, 2.24) is 0 Å². The molecule has 0 amide bonds. The first kappa shape index (κ1) is 14.2. The third kappa shape index (κ3) is 4.43. The molecule has 1 unspecified atom stereocenters. The van der Waals surface area contributed by atoms with Gasteiger partial charge in [0.05, 0.1) is 0 Å². The lowest BCUT2D eigenvalue weighted by atomic mass is 10.1. The van der Waals surface area contributed by atoms with Gasteiger partial charge in [0.25, 0.3) is 0 Å². The van der Waals surface area contributed by atoms with E-state index in [1.165, 1.54) is 0 Å². The third-order valence-electron chi connectivity index (χ3n) is 2.53. The average Bonchev–Trinajstić information content (AvgIpc) is 2.26. The summed E-state index contributed by atoms with van der Waals surface area (Å²) in [4.78, 5) is 0. The number of hydrogen-bond acceptors (Lipinski definition) is 2. The minimum Gasteiger partial charge on any atom is -0.457 e. The molecule has 0 heterocycles. The second-order valence-electron chi connectivity index (χ2n) is 4.54. The van der Waals surface area contributed by atoms with Gasteiger partial charge in [0.1, 0.15) is 11.5 Å². The number of benzene rings is 2. The average molecular weight is 296 g/mol. The van der Waals surface area contributed by atoms with E-state index in [0.29, 0.717) is 15.8 Å². The van der Waals surface area contributed by atoms with Crippen LogP contribution in [0.25, 0.3) is 0 Å². The van der Waals surface area contributed by atoms with Gasteiger partial charge in [0.2, 0.25) is 0 Å². The molecule has 100 valence electrons. The Hall–Kier alpha value is -1.22. The molecule has 0 bridgehead atoms. The molecule has 19 heavy (non-hydrogen) atoms. The van der Waals surface area contributed by atoms with Crippen LogP contribution in [-0.4, -0.2) is 6.04 Å². The zero-order valence-corrected chi connectivity index (χ0v) is 12.1. The highest BCUT2D eigenvalue weighted by atomic mass is 35.5. The summed E-state index contributed by atoms with van der Waals surface area (Å²) in [5.41, 5.74) is 6.93. The van der Waals surface area contributed by atoms with Crippen LogP contribution in [0.1, 0.15) is 12.5 Å². The largest absolute Gasteiger partial charge is 0.457 e. The maximum atomic E-state index is 5.94. The third-order valence-corrected chi connectivity index (χ3v) is 2.96. The van der Waals surface area contributed by atoms with Crippen LogP contribution < -0.4 is 10.5 Å². The van der Waals surface area contributed by atoms with Gasteiger partial charge in [-0.2, -0.15) is 0 Å². The van der Waals surface area contributed by atoms with Crippen molar-refractivity contribution in [3.05, 3.63) is 58.1 Å². The van der Waals surface area contributed by atoms with Crippen molar-refractivity contribution in [2.24, 2.45) is 5.73 Å². The highest BCUT2D eigenvalue weighted by Gasteiger charge is 2.03. The van der Waals surface area contributed by atoms with E-state index in [9.17, 15) is 0 Å². The Morgan fingerprint density at radius 1 is 1.05 bits per heavy atom. The van der Waals surface area contributed by atoms with E-state index < -0.39 is 0 Å². The molecule has 0 radical (unpaired) electrons. The zero-order chi connectivity index (χ0) is 13.8. The first-order valence-electron chi connectivity index (χ1n) is 6.01. The van der Waals surface area contributed by atoms with Crippen LogP contribution in [0.5, 0.6) is 11.5 Å². The predicted molar refractivity (Wildman–Crippen MR) is 80.3 cm³/mol. The van der Waals surface area contributed by atoms with E-state index in [1.807, 2.05) is 31.2 Å². The molecule has 0 aliphatic carbocycles. The standard InChI is InChI=1S/C15H15Cl2NO/c1-10(18)5-11-3-2-4-14(6-11)19-15-8-12(16)7-13(17)9-15/h2-4,6-10H,5,18H2,1H3. The van der Waals surface area contributed by atoms with Crippen LogP contribution in [0, 0.1) is 0 Å². The normalized spacial score (nSPS) is 12.2. The summed E-state index contributed by atoms with van der Waals surface area (Å²) >= 11 is 11.9. The summed E-state index contributed by atoms with van der Waals surface area (Å²) in [6.07, 6.45) is 0.813. The van der Waals surface area contributed by atoms with Crippen molar-refractivity contribution in [3.8, 4) is 11.5 Å². The molecule has 2 aromatic carbocycles. The molecule has 0 spiro atoms. The topological polar surface area (TPSA) is 35.2 Å². The Bertz CT molecular complexity index is 550. The molecule has 2 N–H and O–H groups in total. The molecule has 0 saturated carbocycles. The summed E-state index contributed by atoms with van der Waals surface area (Å²) in [6, 6.07) is 13.1. The van der Waals surface area contributed by atoms with E-state index in [0.717, 1.165) is 17.7 Å². The van der Waals surface area contributed by atoms with Gasteiger partial charge in [-0.1, -0.05) is 35.3 Å². The van der Waals surface area contributed by atoms with Crippen molar-refractivity contribution in [2.75, 3.05) is 0 Å². The smallest absolute Gasteiger partial charge is 0.130 e. The molecule has 0 fully saturated rings. The van der Waals surface area contributed by atoms with Crippen LogP contribution >= 0.6 is 23.2 Å². The van der Waals surface area contributed by atoms with Crippen molar-refractivity contribution in [3.63, 3.8) is 0 Å². The van der Waals surface area contributed by atoms with Crippen LogP contribution in [0.3, 0.4) is 0 Å². The Morgan fingerprint density at radius 2 is 1.74 bits per heavy atom. The number of rotatable bonds is 4. The SMILES string of the molecule is CC(N)Cc1cccc(Oc2cc(Cl)cc(Cl)c2)c1. The molecule has 0 aromatic heterocycles. The van der Waals surface area contributed by atoms with E-state index in [4.69, 9.17) is 33.7 Å². The Kier molecular flexibility index (Phi) is 4.70. The lowest BCUT2D eigenvalue weighted by molar-refractivity contribution is 0.482. The molecular weight excluding hydrogens is 281 g/mol. The molecule has 2 aromatic rings. The molecule has 4 heteroatoms. The first-order chi connectivity index (χ1) is 9.02. The van der Waals surface area contributed by atoms with E-state index in [2.05, 4.69) is 0 Å². The lowest BCUT2D eigenvalue weighted by Crippen LogP contribution is -2.17. The van der Waals surface area contributed by atoms with E-state index in [-0.39, 0.29) is 6.04 Å². The number of hydrogen-bond donors (Lipinski definition) is 1. The molecule has 0 saturated heterocycles. The fourth-order valence-electron chi connectivity index (χ4n) is 1.83. The summed E-state index contributed by atoms with van der Waals surface area (Å²) < 4.78 is 5.75. The monoisotopic (exact) mass is 295 g/mol. The van der Waals surface area contributed by atoms with Crippen molar-refractivity contribution in [1.29, 1.82) is 0 Å². The highest BCUT2D eigenvalue weighted by Crippen LogP contribution is 2.28. The fourth-order valence-corrected chi connectivity index (χ4v) is 2.34. The van der Waals surface area contributed by atoms with Crippen molar-refractivity contribution >= 4 is 23.2 Å². The second-order valence-corrected chi connectivity index (χ2v) is 5.41. The van der Waals surface area contributed by atoms with Crippen molar-refractivity contribution < 1.29 is 4.74 Å². The summed E-state index contributed by atoms with van der Waals surface area (Å²) in [7, 11) is 0. The number of nitrogens with two attached hydrogens (primary N) is 1. The second kappa shape index (κ2) is 6.29. The molecule has 2 rings (SSSR count). The molecular formula is C15H15Cl2NO. The number of ether oxygens (including phenoxy) is 1. The van der Waals surface area contributed by atoms with Crippen LogP contribution in [0.2, 0.25) is 10.0 Å². The fraction of sp³-hybridized carbons (Fsp3) is 0.200. The Labute approximate surface area is 123 Å². The quantitative estimate of drug-likeness (QED) is 0.889. The van der Waals surface area contributed by atoms with Gasteiger partial charge in [-0.25, -0.2) is 0 Å². The van der Waals surface area contributed by atoms with Crippen LogP contribution in [0.15, 0.2) is 42.5 Å². The van der Waals surface area contributed by atoms with E-state index >= 15 is 0 Å². The molecule has 0 aliphatic heterocycles. The molecule has 0 aliphatic rings. The summed E-state index contributed by atoms with van der Waals surface area (Å²) in [5.74, 6) is 1.37. The minimum absolute atomic E-state index is 0.121. The van der Waals surface area contributed by atoms with Gasteiger partial charge in [-0.05, 0) is 49.2 Å². The van der Waals surface area contributed by atoms with Gasteiger partial charge in [-0.15, -0.1) is 0 Å². The minimum atomic E-state index is 0.121. The zero-order valence-electron chi connectivity index (χ0n) is 10.6. The van der Waals surface area contributed by atoms with Gasteiger partial charge in [-0.3, -0.25) is 0 Å². The Morgan fingerprint density at radius 3 is 2.37 bits per heavy atom.